The molecule has 5 rings (SSSR count). The largest absolute Gasteiger partial charge is 0.418 e. The number of nitrogens with zero attached hydrogens (tertiary/aromatic N) is 3. The van der Waals surface area contributed by atoms with Gasteiger partial charge in [0.2, 0.25) is 9.84 Å². The lowest BCUT2D eigenvalue weighted by Crippen LogP contribution is -2.56. The second kappa shape index (κ2) is 9.85. The Labute approximate surface area is 220 Å². The highest BCUT2D eigenvalue weighted by molar-refractivity contribution is 7.91. The average Bonchev–Trinajstić information content (AvgIpc) is 2.91. The van der Waals surface area contributed by atoms with E-state index in [1.54, 1.807) is 43.3 Å². The smallest absolute Gasteiger partial charge is 0.357 e. The Hall–Kier alpha value is -3.18. The molecule has 3 N–H and O–H groups in total. The fourth-order valence-corrected chi connectivity index (χ4v) is 6.35. The highest BCUT2D eigenvalue weighted by Crippen LogP contribution is 2.48. The molecule has 1 saturated heterocycles. The number of halogens is 3. The van der Waals surface area contributed by atoms with Crippen LogP contribution in [-0.2, 0) is 16.0 Å². The van der Waals surface area contributed by atoms with Crippen LogP contribution in [0.3, 0.4) is 0 Å². The first kappa shape index (κ1) is 26.4. The first-order valence-corrected chi connectivity index (χ1v) is 14.2. The minimum absolute atomic E-state index is 0.0224. The first-order valence-electron chi connectivity index (χ1n) is 12.6. The minimum Gasteiger partial charge on any atom is -0.357 e. The van der Waals surface area contributed by atoms with Gasteiger partial charge in [0.05, 0.1) is 11.3 Å². The standard InChI is InChI=1S/C27H30F3N5O2S/c1-18-5-2-3-6-19(18)25-20(27(28,29)30)9-10-22(33-25)32-17-38(36,37)24-8-4-7-23(34-24)35-15-13-26(14-16-35)12-11-21(26)31/h2-10,21H,11-17,31H2,1H3,(H,32,33)/t21-/m0/s1. The van der Waals surface area contributed by atoms with Crippen LogP contribution in [0.2, 0.25) is 0 Å². The molecule has 1 atom stereocenters. The van der Waals surface area contributed by atoms with Crippen molar-refractivity contribution in [3.8, 4) is 11.3 Å². The molecule has 1 saturated carbocycles. The van der Waals surface area contributed by atoms with E-state index in [0.29, 0.717) is 16.9 Å². The van der Waals surface area contributed by atoms with Crippen LogP contribution < -0.4 is 16.0 Å². The lowest BCUT2D eigenvalue weighted by Gasteiger charge is -2.52. The predicted octanol–water partition coefficient (Wildman–Crippen LogP) is 5.02. The average molecular weight is 546 g/mol. The summed E-state index contributed by atoms with van der Waals surface area (Å²) in [6.07, 6.45) is -0.510. The highest BCUT2D eigenvalue weighted by Gasteiger charge is 2.46. The van der Waals surface area contributed by atoms with Crippen molar-refractivity contribution in [2.75, 3.05) is 29.2 Å². The third-order valence-electron chi connectivity index (χ3n) is 7.89. The Morgan fingerprint density at radius 2 is 1.76 bits per heavy atom. The van der Waals surface area contributed by atoms with Gasteiger partial charge in [0, 0.05) is 24.7 Å². The van der Waals surface area contributed by atoms with E-state index in [0.717, 1.165) is 50.9 Å². The van der Waals surface area contributed by atoms with Crippen molar-refractivity contribution in [3.63, 3.8) is 0 Å². The van der Waals surface area contributed by atoms with E-state index < -0.39 is 27.5 Å². The number of sulfone groups is 1. The van der Waals surface area contributed by atoms with Gasteiger partial charge >= 0.3 is 6.18 Å². The van der Waals surface area contributed by atoms with Crippen molar-refractivity contribution >= 4 is 21.5 Å². The normalized spacial score (nSPS) is 19.3. The van der Waals surface area contributed by atoms with E-state index in [1.165, 1.54) is 6.07 Å². The molecule has 1 aliphatic carbocycles. The van der Waals surface area contributed by atoms with Crippen LogP contribution in [-0.4, -0.2) is 43.4 Å². The Bertz CT molecular complexity index is 1440. The first-order chi connectivity index (χ1) is 18.0. The monoisotopic (exact) mass is 545 g/mol. The van der Waals surface area contributed by atoms with Gasteiger partial charge in [-0.15, -0.1) is 0 Å². The zero-order valence-electron chi connectivity index (χ0n) is 21.0. The van der Waals surface area contributed by atoms with Gasteiger partial charge in [-0.25, -0.2) is 18.4 Å². The molecule has 1 spiro atoms. The molecule has 1 aliphatic heterocycles. The lowest BCUT2D eigenvalue weighted by molar-refractivity contribution is -0.137. The Kier molecular flexibility index (Phi) is 6.85. The number of piperidine rings is 1. The number of nitrogens with two attached hydrogens (primary N) is 1. The van der Waals surface area contributed by atoms with Gasteiger partial charge in [0.1, 0.15) is 17.5 Å². The second-order valence-electron chi connectivity index (χ2n) is 10.2. The molecule has 1 aromatic carbocycles. The highest BCUT2D eigenvalue weighted by atomic mass is 32.2. The SMILES string of the molecule is Cc1ccccc1-c1nc(NCS(=O)(=O)c2cccc(N3CCC4(CC[C@@H]4N)CC3)n2)ccc1C(F)(F)F. The van der Waals surface area contributed by atoms with Crippen molar-refractivity contribution in [2.24, 2.45) is 11.1 Å². The van der Waals surface area contributed by atoms with Gasteiger partial charge in [0.15, 0.2) is 5.03 Å². The molecule has 0 bridgehead atoms. The number of aryl methyl sites for hydroxylation is 1. The Balaban J connectivity index is 1.33. The van der Waals surface area contributed by atoms with Gasteiger partial charge < -0.3 is 16.0 Å². The van der Waals surface area contributed by atoms with Crippen LogP contribution in [0.15, 0.2) is 59.6 Å². The summed E-state index contributed by atoms with van der Waals surface area (Å²) in [5.74, 6) is 0.0463. The maximum absolute atomic E-state index is 13.7. The van der Waals surface area contributed by atoms with Gasteiger partial charge in [-0.2, -0.15) is 13.2 Å². The van der Waals surface area contributed by atoms with Gasteiger partial charge in [0.25, 0.3) is 0 Å². The summed E-state index contributed by atoms with van der Waals surface area (Å²) in [4.78, 5) is 10.6. The molecule has 0 unspecified atom stereocenters. The van der Waals surface area contributed by atoms with Crippen LogP contribution in [0.25, 0.3) is 11.3 Å². The lowest BCUT2D eigenvalue weighted by atomic mass is 9.60. The van der Waals surface area contributed by atoms with Crippen molar-refractivity contribution in [3.05, 3.63) is 65.7 Å². The van der Waals surface area contributed by atoms with Crippen LogP contribution >= 0.6 is 0 Å². The van der Waals surface area contributed by atoms with Crippen molar-refractivity contribution < 1.29 is 21.6 Å². The molecule has 202 valence electrons. The molecule has 7 nitrogen and oxygen atoms in total. The number of hydrogen-bond acceptors (Lipinski definition) is 7. The summed E-state index contributed by atoms with van der Waals surface area (Å²) in [6, 6.07) is 13.8. The molecule has 0 amide bonds. The van der Waals surface area contributed by atoms with Crippen LogP contribution in [0.4, 0.5) is 24.8 Å². The molecular weight excluding hydrogens is 515 g/mol. The van der Waals surface area contributed by atoms with E-state index in [1.807, 2.05) is 0 Å². The number of anilines is 2. The maximum atomic E-state index is 13.7. The second-order valence-corrected chi connectivity index (χ2v) is 12.1. The number of rotatable bonds is 6. The predicted molar refractivity (Wildman–Crippen MR) is 140 cm³/mol. The van der Waals surface area contributed by atoms with Crippen molar-refractivity contribution in [2.45, 2.75) is 49.9 Å². The van der Waals surface area contributed by atoms with E-state index in [9.17, 15) is 21.6 Å². The van der Waals surface area contributed by atoms with E-state index in [2.05, 4.69) is 20.2 Å². The fraction of sp³-hybridized carbons (Fsp3) is 0.407. The summed E-state index contributed by atoms with van der Waals surface area (Å²) in [5.41, 5.74) is 6.24. The topological polar surface area (TPSA) is 101 Å². The van der Waals surface area contributed by atoms with E-state index >= 15 is 0 Å². The number of nitrogens with one attached hydrogen (secondary N) is 1. The number of hydrogen-bond donors (Lipinski definition) is 2. The zero-order valence-corrected chi connectivity index (χ0v) is 21.8. The molecular formula is C27H30F3N5O2S. The quantitative estimate of drug-likeness (QED) is 0.449. The molecule has 0 radical (unpaired) electrons. The third-order valence-corrected chi connectivity index (χ3v) is 9.28. The molecule has 2 aliphatic rings. The minimum atomic E-state index is -4.61. The van der Waals surface area contributed by atoms with Crippen LogP contribution in [0.1, 0.15) is 36.8 Å². The fourth-order valence-electron chi connectivity index (χ4n) is 5.35. The Morgan fingerprint density at radius 1 is 1.03 bits per heavy atom. The van der Waals surface area contributed by atoms with Crippen molar-refractivity contribution in [1.82, 2.24) is 9.97 Å². The van der Waals surface area contributed by atoms with Crippen LogP contribution in [0.5, 0.6) is 0 Å². The van der Waals surface area contributed by atoms with Gasteiger partial charge in [-0.05, 0) is 67.9 Å². The number of pyridine rings is 2. The van der Waals surface area contributed by atoms with Crippen molar-refractivity contribution in [1.29, 1.82) is 0 Å². The van der Waals surface area contributed by atoms with Crippen LogP contribution in [0, 0.1) is 12.3 Å². The van der Waals surface area contributed by atoms with Gasteiger partial charge in [-0.1, -0.05) is 30.3 Å². The Morgan fingerprint density at radius 3 is 2.39 bits per heavy atom. The zero-order chi connectivity index (χ0) is 27.1. The molecule has 2 fully saturated rings. The summed E-state index contributed by atoms with van der Waals surface area (Å²) in [7, 11) is -3.90. The molecule has 3 heterocycles. The van der Waals surface area contributed by atoms with Gasteiger partial charge in [-0.3, -0.25) is 0 Å². The van der Waals surface area contributed by atoms with E-state index in [-0.39, 0.29) is 28.0 Å². The number of alkyl halides is 3. The number of benzene rings is 1. The van der Waals surface area contributed by atoms with E-state index in [4.69, 9.17) is 5.73 Å². The molecule has 38 heavy (non-hydrogen) atoms. The number of aromatic nitrogens is 2. The molecule has 11 heteroatoms. The summed E-state index contributed by atoms with van der Waals surface area (Å²) >= 11 is 0. The summed E-state index contributed by atoms with van der Waals surface area (Å²) in [5, 5.41) is 2.58. The summed E-state index contributed by atoms with van der Waals surface area (Å²) < 4.78 is 67.3. The summed E-state index contributed by atoms with van der Waals surface area (Å²) in [6.45, 7) is 3.22. The maximum Gasteiger partial charge on any atom is 0.418 e. The molecule has 3 aromatic rings. The third kappa shape index (κ3) is 5.09. The molecule has 2 aromatic heterocycles.